The Balaban J connectivity index is 2.45. The predicted molar refractivity (Wildman–Crippen MR) is 133 cm³/mol. The van der Waals surface area contributed by atoms with Crippen molar-refractivity contribution in [1.82, 2.24) is 4.90 Å². The molecule has 2 N–H and O–H groups in total. The molecule has 196 valence electrons. The third-order valence-corrected chi connectivity index (χ3v) is 7.13. The summed E-state index contributed by atoms with van der Waals surface area (Å²) < 4.78 is 15.9. The number of hydrogen-bond donors (Lipinski definition) is 1. The van der Waals surface area contributed by atoms with E-state index in [1.807, 2.05) is 6.07 Å². The van der Waals surface area contributed by atoms with Crippen LogP contribution in [0.2, 0.25) is 0 Å². The Kier molecular flexibility index (Phi) is 8.55. The van der Waals surface area contributed by atoms with E-state index in [0.717, 1.165) is 0 Å². The normalized spacial score (nSPS) is 19.8. The SMILES string of the molecule is CCOC(=O)C1=C(C)N2C(N)=C(C#N)[C@@H]([C@H](C(C)=O)C(=O)OCC)C2=C(C(=O)OCC)[C@@H]1c1cccs1. The third-order valence-electron chi connectivity index (χ3n) is 6.19. The fraction of sp³-hybridized carbons (Fsp3) is 0.423. The first-order valence-corrected chi connectivity index (χ1v) is 12.7. The number of carbonyl (C=O) groups is 4. The second kappa shape index (κ2) is 11.4. The average molecular weight is 528 g/mol. The standard InChI is InChI=1S/C26H29N3O7S/c1-6-34-24(31)17-13(4)29-22(21(26(33)36-8-3)20(17)16-10-9-11-37-16)19(15(12-27)23(29)28)18(14(5)30)25(32)35-7-2/h9-11,18-20H,6-8,28H2,1-5H3/t18-,19-,20+/m0/s1. The number of thiophene rings is 1. The number of fused-ring (bicyclic) bond motifs is 1. The number of hydrogen-bond acceptors (Lipinski definition) is 11. The summed E-state index contributed by atoms with van der Waals surface area (Å²) in [5, 5.41) is 11.9. The monoisotopic (exact) mass is 527 g/mol. The van der Waals surface area contributed by atoms with Gasteiger partial charge >= 0.3 is 17.9 Å². The maximum atomic E-state index is 13.6. The summed E-state index contributed by atoms with van der Waals surface area (Å²) >= 11 is 1.31. The number of esters is 3. The number of allylic oxidation sites excluding steroid dienone is 2. The minimum absolute atomic E-state index is 0.00621. The lowest BCUT2D eigenvalue weighted by Gasteiger charge is -2.37. The van der Waals surface area contributed by atoms with Gasteiger partial charge < -0.3 is 24.8 Å². The summed E-state index contributed by atoms with van der Waals surface area (Å²) in [6, 6.07) is 5.55. The van der Waals surface area contributed by atoms with E-state index in [2.05, 4.69) is 0 Å². The molecule has 0 spiro atoms. The lowest BCUT2D eigenvalue weighted by molar-refractivity contribution is -0.152. The molecule has 3 heterocycles. The van der Waals surface area contributed by atoms with Crippen LogP contribution in [0.3, 0.4) is 0 Å². The van der Waals surface area contributed by atoms with E-state index in [4.69, 9.17) is 19.9 Å². The molecule has 0 saturated carbocycles. The second-order valence-electron chi connectivity index (χ2n) is 8.25. The molecular formula is C26H29N3O7S. The zero-order valence-corrected chi connectivity index (χ0v) is 22.1. The van der Waals surface area contributed by atoms with Gasteiger partial charge in [0.1, 0.15) is 17.5 Å². The maximum Gasteiger partial charge on any atom is 0.336 e. The zero-order valence-electron chi connectivity index (χ0n) is 21.3. The van der Waals surface area contributed by atoms with Crippen LogP contribution in [-0.2, 0) is 33.4 Å². The molecule has 3 rings (SSSR count). The van der Waals surface area contributed by atoms with Gasteiger partial charge in [-0.05, 0) is 46.1 Å². The molecule has 2 aliphatic heterocycles. The van der Waals surface area contributed by atoms with E-state index in [1.54, 1.807) is 45.2 Å². The predicted octanol–water partition coefficient (Wildman–Crippen LogP) is 2.89. The Hall–Kier alpha value is -3.91. The summed E-state index contributed by atoms with van der Waals surface area (Å²) in [4.78, 5) is 54.7. The lowest BCUT2D eigenvalue weighted by atomic mass is 9.76. The number of nitrogens with two attached hydrogens (primary N) is 1. The topological polar surface area (TPSA) is 149 Å². The van der Waals surface area contributed by atoms with Crippen LogP contribution >= 0.6 is 11.3 Å². The highest BCUT2D eigenvalue weighted by atomic mass is 32.1. The second-order valence-corrected chi connectivity index (χ2v) is 9.23. The molecule has 11 heteroatoms. The molecule has 0 radical (unpaired) electrons. The van der Waals surface area contributed by atoms with Crippen molar-refractivity contribution in [2.75, 3.05) is 19.8 Å². The molecular weight excluding hydrogens is 498 g/mol. The highest BCUT2D eigenvalue weighted by Crippen LogP contribution is 2.53. The molecule has 0 unspecified atom stereocenters. The Morgan fingerprint density at radius 1 is 1.08 bits per heavy atom. The maximum absolute atomic E-state index is 13.6. The third kappa shape index (κ3) is 4.76. The first kappa shape index (κ1) is 27.7. The van der Waals surface area contributed by atoms with Gasteiger partial charge in [0.15, 0.2) is 0 Å². The van der Waals surface area contributed by atoms with Crippen LogP contribution in [0, 0.1) is 23.2 Å². The van der Waals surface area contributed by atoms with Gasteiger partial charge in [-0.15, -0.1) is 11.3 Å². The van der Waals surface area contributed by atoms with Crippen molar-refractivity contribution in [2.45, 2.75) is 40.5 Å². The summed E-state index contributed by atoms with van der Waals surface area (Å²) in [7, 11) is 0. The van der Waals surface area contributed by atoms with Crippen molar-refractivity contribution in [2.24, 2.45) is 17.6 Å². The number of nitriles is 1. The van der Waals surface area contributed by atoms with Crippen LogP contribution in [0.4, 0.5) is 0 Å². The summed E-state index contributed by atoms with van der Waals surface area (Å²) in [6.07, 6.45) is 0. The van der Waals surface area contributed by atoms with Crippen LogP contribution in [0.15, 0.2) is 51.4 Å². The molecule has 0 saturated heterocycles. The van der Waals surface area contributed by atoms with Crippen molar-refractivity contribution in [3.63, 3.8) is 0 Å². The van der Waals surface area contributed by atoms with Gasteiger partial charge in [0, 0.05) is 16.3 Å². The Morgan fingerprint density at radius 3 is 2.16 bits per heavy atom. The largest absolute Gasteiger partial charge is 0.465 e. The fourth-order valence-electron chi connectivity index (χ4n) is 4.82. The molecule has 0 bridgehead atoms. The van der Waals surface area contributed by atoms with Crippen molar-refractivity contribution >= 4 is 35.0 Å². The van der Waals surface area contributed by atoms with Gasteiger partial charge in [-0.1, -0.05) is 6.07 Å². The molecule has 0 amide bonds. The van der Waals surface area contributed by atoms with Gasteiger partial charge in [-0.2, -0.15) is 5.26 Å². The number of nitrogens with zero attached hydrogens (tertiary/aromatic N) is 2. The highest BCUT2D eigenvalue weighted by molar-refractivity contribution is 7.10. The first-order valence-electron chi connectivity index (χ1n) is 11.8. The van der Waals surface area contributed by atoms with Crippen molar-refractivity contribution in [1.29, 1.82) is 5.26 Å². The van der Waals surface area contributed by atoms with Crippen molar-refractivity contribution in [3.05, 3.63) is 56.3 Å². The average Bonchev–Trinajstić information content (AvgIpc) is 3.46. The molecule has 10 nitrogen and oxygen atoms in total. The smallest absolute Gasteiger partial charge is 0.336 e. The number of rotatable bonds is 9. The minimum atomic E-state index is -1.45. The van der Waals surface area contributed by atoms with E-state index < -0.39 is 41.4 Å². The minimum Gasteiger partial charge on any atom is -0.465 e. The molecule has 0 fully saturated rings. The quantitative estimate of drug-likeness (QED) is 0.288. The first-order chi connectivity index (χ1) is 17.7. The summed E-state index contributed by atoms with van der Waals surface area (Å²) in [6.45, 7) is 7.84. The van der Waals surface area contributed by atoms with Crippen LogP contribution < -0.4 is 5.73 Å². The molecule has 1 aromatic heterocycles. The zero-order chi connectivity index (χ0) is 27.4. The lowest BCUT2D eigenvalue weighted by Crippen LogP contribution is -2.39. The van der Waals surface area contributed by atoms with Crippen LogP contribution in [0.25, 0.3) is 0 Å². The van der Waals surface area contributed by atoms with Crippen LogP contribution in [0.5, 0.6) is 0 Å². The molecule has 2 aliphatic rings. The van der Waals surface area contributed by atoms with Gasteiger partial charge in [0.25, 0.3) is 0 Å². The van der Waals surface area contributed by atoms with Gasteiger partial charge in [-0.3, -0.25) is 9.59 Å². The van der Waals surface area contributed by atoms with E-state index in [0.29, 0.717) is 10.6 Å². The van der Waals surface area contributed by atoms with E-state index in [-0.39, 0.29) is 48.1 Å². The number of Topliss-reactive ketones (excluding diaryl/α,β-unsaturated/α-hetero) is 1. The van der Waals surface area contributed by atoms with Crippen molar-refractivity contribution in [3.8, 4) is 6.07 Å². The molecule has 0 aliphatic carbocycles. The molecule has 3 atom stereocenters. The summed E-state index contributed by atoms with van der Waals surface area (Å²) in [5.41, 5.74) is 6.95. The molecule has 0 aromatic carbocycles. The van der Waals surface area contributed by atoms with E-state index in [1.165, 1.54) is 23.2 Å². The van der Waals surface area contributed by atoms with Gasteiger partial charge in [0.2, 0.25) is 0 Å². The van der Waals surface area contributed by atoms with E-state index >= 15 is 0 Å². The highest BCUT2D eigenvalue weighted by Gasteiger charge is 2.53. The van der Waals surface area contributed by atoms with Crippen LogP contribution in [-0.4, -0.2) is 48.4 Å². The number of carbonyl (C=O) groups excluding carboxylic acids is 4. The number of ketones is 1. The van der Waals surface area contributed by atoms with Gasteiger partial charge in [-0.25, -0.2) is 9.59 Å². The summed E-state index contributed by atoms with van der Waals surface area (Å²) in [5.74, 6) is -6.53. The Bertz CT molecular complexity index is 1250. The Labute approximate surface area is 218 Å². The van der Waals surface area contributed by atoms with Gasteiger partial charge in [0.05, 0.1) is 54.4 Å². The molecule has 1 aromatic rings. The van der Waals surface area contributed by atoms with Crippen LogP contribution in [0.1, 0.15) is 45.4 Å². The van der Waals surface area contributed by atoms with E-state index in [9.17, 15) is 24.4 Å². The fourth-order valence-corrected chi connectivity index (χ4v) is 5.67. The molecule has 37 heavy (non-hydrogen) atoms. The Morgan fingerprint density at radius 2 is 1.68 bits per heavy atom. The van der Waals surface area contributed by atoms with Crippen molar-refractivity contribution < 1.29 is 33.4 Å². The number of ether oxygens (including phenoxy) is 3.